The molecule has 1 N–H and O–H groups in total. The highest BCUT2D eigenvalue weighted by Crippen LogP contribution is 2.25. The van der Waals surface area contributed by atoms with Crippen LogP contribution < -0.4 is 0 Å². The van der Waals surface area contributed by atoms with Gasteiger partial charge in [-0.1, -0.05) is 24.3 Å². The molecule has 0 saturated heterocycles. The van der Waals surface area contributed by atoms with E-state index in [1.165, 1.54) is 11.3 Å². The molecule has 1 heterocycles. The Hall–Kier alpha value is -1.35. The van der Waals surface area contributed by atoms with Crippen LogP contribution in [-0.4, -0.2) is 11.1 Å². The molecule has 0 saturated carbocycles. The van der Waals surface area contributed by atoms with Gasteiger partial charge in [0.25, 0.3) is 0 Å². The molecule has 66 valence electrons. The van der Waals surface area contributed by atoms with Gasteiger partial charge in [-0.25, -0.2) is 0 Å². The molecule has 0 aliphatic rings. The number of carboxylic acid groups (broad SMARTS) is 1. The maximum absolute atomic E-state index is 10.5. The van der Waals surface area contributed by atoms with Gasteiger partial charge in [0.15, 0.2) is 0 Å². The van der Waals surface area contributed by atoms with Crippen molar-refractivity contribution >= 4 is 28.1 Å². The molecule has 0 spiro atoms. The summed E-state index contributed by atoms with van der Waals surface area (Å²) in [6.07, 6.45) is 0.123. The number of benzene rings is 1. The van der Waals surface area contributed by atoms with Gasteiger partial charge in [-0.15, -0.1) is 11.3 Å². The normalized spacial score (nSPS) is 10.5. The van der Waals surface area contributed by atoms with Crippen LogP contribution in [0.15, 0.2) is 29.6 Å². The van der Waals surface area contributed by atoms with Crippen LogP contribution in [0.2, 0.25) is 0 Å². The summed E-state index contributed by atoms with van der Waals surface area (Å²) in [5.74, 6) is -0.771. The molecule has 0 unspecified atom stereocenters. The fourth-order valence-electron chi connectivity index (χ4n) is 1.33. The van der Waals surface area contributed by atoms with Gasteiger partial charge in [-0.05, 0) is 16.2 Å². The highest BCUT2D eigenvalue weighted by molar-refractivity contribution is 7.11. The first-order valence-corrected chi connectivity index (χ1v) is 4.82. The van der Waals surface area contributed by atoms with Crippen LogP contribution in [0, 0.1) is 0 Å². The van der Waals surface area contributed by atoms with Crippen LogP contribution in [0.4, 0.5) is 0 Å². The van der Waals surface area contributed by atoms with E-state index in [-0.39, 0.29) is 6.42 Å². The molecule has 3 heteroatoms. The number of rotatable bonds is 2. The molecular weight excluding hydrogens is 184 g/mol. The molecule has 13 heavy (non-hydrogen) atoms. The molecule has 0 radical (unpaired) electrons. The number of thiophene rings is 1. The van der Waals surface area contributed by atoms with E-state index in [1.807, 2.05) is 29.6 Å². The smallest absolute Gasteiger partial charge is 0.308 e. The van der Waals surface area contributed by atoms with Gasteiger partial charge in [0.05, 0.1) is 6.42 Å². The second-order valence-corrected chi connectivity index (χ2v) is 3.78. The maximum Gasteiger partial charge on any atom is 0.308 e. The van der Waals surface area contributed by atoms with Crippen LogP contribution in [0.5, 0.6) is 0 Å². The Kier molecular flexibility index (Phi) is 2.02. The molecular formula is C10H8O2S. The summed E-state index contributed by atoms with van der Waals surface area (Å²) in [4.78, 5) is 11.5. The van der Waals surface area contributed by atoms with Gasteiger partial charge in [0.1, 0.15) is 0 Å². The molecule has 0 amide bonds. The van der Waals surface area contributed by atoms with Crippen molar-refractivity contribution < 1.29 is 9.90 Å². The largest absolute Gasteiger partial charge is 0.481 e. The molecule has 1 aromatic heterocycles. The number of carbonyl (C=O) groups is 1. The third-order valence-electron chi connectivity index (χ3n) is 1.90. The van der Waals surface area contributed by atoms with Crippen LogP contribution in [0.25, 0.3) is 10.8 Å². The lowest BCUT2D eigenvalue weighted by atomic mass is 10.1. The zero-order valence-corrected chi connectivity index (χ0v) is 7.67. The second kappa shape index (κ2) is 3.18. The zero-order valence-electron chi connectivity index (χ0n) is 6.86. The zero-order chi connectivity index (χ0) is 9.26. The Bertz CT molecular complexity index is 445. The summed E-state index contributed by atoms with van der Waals surface area (Å²) in [7, 11) is 0. The van der Waals surface area contributed by atoms with Crippen LogP contribution >= 0.6 is 11.3 Å². The van der Waals surface area contributed by atoms with Crippen molar-refractivity contribution in [1.82, 2.24) is 0 Å². The minimum absolute atomic E-state index is 0.123. The topological polar surface area (TPSA) is 37.3 Å². The fourth-order valence-corrected chi connectivity index (χ4v) is 2.32. The first-order valence-electron chi connectivity index (χ1n) is 3.94. The first kappa shape index (κ1) is 8.26. The lowest BCUT2D eigenvalue weighted by Crippen LogP contribution is -1.97. The van der Waals surface area contributed by atoms with Gasteiger partial charge < -0.3 is 5.11 Å². The first-order chi connectivity index (χ1) is 6.27. The highest BCUT2D eigenvalue weighted by atomic mass is 32.1. The van der Waals surface area contributed by atoms with Crippen LogP contribution in [0.3, 0.4) is 0 Å². The Labute approximate surface area is 79.4 Å². The van der Waals surface area contributed by atoms with Gasteiger partial charge >= 0.3 is 5.97 Å². The van der Waals surface area contributed by atoms with E-state index < -0.39 is 5.97 Å². The Morgan fingerprint density at radius 3 is 2.92 bits per heavy atom. The van der Waals surface area contributed by atoms with Crippen molar-refractivity contribution in [2.45, 2.75) is 6.42 Å². The second-order valence-electron chi connectivity index (χ2n) is 2.82. The van der Waals surface area contributed by atoms with Crippen molar-refractivity contribution in [2.24, 2.45) is 0 Å². The monoisotopic (exact) mass is 192 g/mol. The average Bonchev–Trinajstić information content (AvgIpc) is 2.48. The van der Waals surface area contributed by atoms with Gasteiger partial charge in [-0.3, -0.25) is 4.79 Å². The number of aliphatic carboxylic acids is 1. The quantitative estimate of drug-likeness (QED) is 0.793. The Morgan fingerprint density at radius 2 is 2.15 bits per heavy atom. The molecule has 2 rings (SSSR count). The molecule has 0 bridgehead atoms. The average molecular weight is 192 g/mol. The number of carboxylic acids is 1. The summed E-state index contributed by atoms with van der Waals surface area (Å²) in [6, 6.07) is 7.85. The molecule has 0 atom stereocenters. The van der Waals surface area contributed by atoms with Crippen molar-refractivity contribution in [1.29, 1.82) is 0 Å². The third-order valence-corrected chi connectivity index (χ3v) is 2.92. The standard InChI is InChI=1S/C10H8O2S/c11-10(12)5-9-8-4-2-1-3-7(8)6-13-9/h1-4,6H,5H2,(H,11,12). The molecule has 0 aliphatic heterocycles. The minimum Gasteiger partial charge on any atom is -0.481 e. The molecule has 0 aliphatic carbocycles. The van der Waals surface area contributed by atoms with Crippen molar-refractivity contribution in [3.63, 3.8) is 0 Å². The Morgan fingerprint density at radius 1 is 1.38 bits per heavy atom. The summed E-state index contributed by atoms with van der Waals surface area (Å²) in [5, 5.41) is 12.8. The molecule has 2 aromatic rings. The van der Waals surface area contributed by atoms with Gasteiger partial charge in [0, 0.05) is 4.88 Å². The highest BCUT2D eigenvalue weighted by Gasteiger charge is 2.06. The van der Waals surface area contributed by atoms with Gasteiger partial charge in [-0.2, -0.15) is 0 Å². The fraction of sp³-hybridized carbons (Fsp3) is 0.100. The molecule has 1 aromatic carbocycles. The van der Waals surface area contributed by atoms with Crippen molar-refractivity contribution in [3.05, 3.63) is 34.5 Å². The molecule has 0 fully saturated rings. The summed E-state index contributed by atoms with van der Waals surface area (Å²) in [5.41, 5.74) is 0. The van der Waals surface area contributed by atoms with Crippen LogP contribution in [0.1, 0.15) is 4.88 Å². The summed E-state index contributed by atoms with van der Waals surface area (Å²) >= 11 is 1.51. The number of hydrogen-bond acceptors (Lipinski definition) is 2. The maximum atomic E-state index is 10.5. The predicted molar refractivity (Wildman–Crippen MR) is 53.2 cm³/mol. The summed E-state index contributed by atoms with van der Waals surface area (Å²) in [6.45, 7) is 0. The van der Waals surface area contributed by atoms with Crippen molar-refractivity contribution in [2.75, 3.05) is 0 Å². The van der Waals surface area contributed by atoms with E-state index >= 15 is 0 Å². The minimum atomic E-state index is -0.771. The number of fused-ring (bicyclic) bond motifs is 1. The van der Waals surface area contributed by atoms with E-state index in [2.05, 4.69) is 0 Å². The predicted octanol–water partition coefficient (Wildman–Crippen LogP) is 2.53. The molecule has 2 nitrogen and oxygen atoms in total. The third kappa shape index (κ3) is 1.55. The van der Waals surface area contributed by atoms with E-state index in [9.17, 15) is 4.79 Å². The van der Waals surface area contributed by atoms with Gasteiger partial charge in [0.2, 0.25) is 0 Å². The lowest BCUT2D eigenvalue weighted by Gasteiger charge is -1.92. The van der Waals surface area contributed by atoms with Crippen molar-refractivity contribution in [3.8, 4) is 0 Å². The van der Waals surface area contributed by atoms with E-state index in [1.54, 1.807) is 0 Å². The number of hydrogen-bond donors (Lipinski definition) is 1. The summed E-state index contributed by atoms with van der Waals surface area (Å²) < 4.78 is 0. The van der Waals surface area contributed by atoms with Crippen LogP contribution in [-0.2, 0) is 11.2 Å². The lowest BCUT2D eigenvalue weighted by molar-refractivity contribution is -0.136. The van der Waals surface area contributed by atoms with E-state index in [0.29, 0.717) is 0 Å². The van der Waals surface area contributed by atoms with E-state index in [4.69, 9.17) is 5.11 Å². The SMILES string of the molecule is O=C(O)Cc1scc2ccccc12. The Balaban J connectivity index is 2.51. The van der Waals surface area contributed by atoms with E-state index in [0.717, 1.165) is 15.6 Å².